The molecule has 0 saturated heterocycles. The van der Waals surface area contributed by atoms with Gasteiger partial charge in [0.15, 0.2) is 11.3 Å². The van der Waals surface area contributed by atoms with Crippen LogP contribution < -0.4 is 10.5 Å². The number of carbonyl (C=O) groups excluding carboxylic acids is 1. The van der Waals surface area contributed by atoms with E-state index in [2.05, 4.69) is 0 Å². The minimum atomic E-state index is -0.798. The number of rotatable bonds is 5. The molecule has 0 atom stereocenters. The molecule has 0 radical (unpaired) electrons. The Labute approximate surface area is 149 Å². The van der Waals surface area contributed by atoms with Crippen LogP contribution in [0.2, 0.25) is 0 Å². The largest absolute Gasteiger partial charge is 0.505 e. The summed E-state index contributed by atoms with van der Waals surface area (Å²) in [4.78, 5) is 11.5. The highest BCUT2D eigenvalue weighted by molar-refractivity contribution is 5.96. The summed E-state index contributed by atoms with van der Waals surface area (Å²) < 4.78 is 19.0. The molecular formula is C19H14FN3O3. The number of amides is 1. The predicted octanol–water partition coefficient (Wildman–Crippen LogP) is 2.84. The van der Waals surface area contributed by atoms with E-state index >= 15 is 0 Å². The Morgan fingerprint density at radius 2 is 1.85 bits per heavy atom. The molecule has 1 amide bonds. The van der Waals surface area contributed by atoms with E-state index in [1.807, 2.05) is 0 Å². The number of carbonyl (C=O) groups is 1. The summed E-state index contributed by atoms with van der Waals surface area (Å²) in [5.41, 5.74) is 6.28. The van der Waals surface area contributed by atoms with Gasteiger partial charge in [-0.3, -0.25) is 4.79 Å². The molecule has 0 aliphatic rings. The van der Waals surface area contributed by atoms with Gasteiger partial charge >= 0.3 is 0 Å². The maximum Gasteiger partial charge on any atom is 0.252 e. The van der Waals surface area contributed by atoms with E-state index in [1.54, 1.807) is 24.3 Å². The summed E-state index contributed by atoms with van der Waals surface area (Å²) in [5.74, 6) is -1.63. The number of halogens is 1. The fourth-order valence-corrected chi connectivity index (χ4v) is 2.48. The molecule has 0 aromatic heterocycles. The smallest absolute Gasteiger partial charge is 0.252 e. The number of ether oxygens (including phenoxy) is 1. The Kier molecular flexibility index (Phi) is 5.56. The molecule has 0 heterocycles. The fourth-order valence-electron chi connectivity index (χ4n) is 2.48. The fraction of sp³-hybridized carbons (Fsp3) is 0.105. The van der Waals surface area contributed by atoms with Crippen LogP contribution in [0.4, 0.5) is 4.39 Å². The number of methoxy groups -OCH3 is 1. The van der Waals surface area contributed by atoms with E-state index < -0.39 is 23.1 Å². The molecule has 0 fully saturated rings. The van der Waals surface area contributed by atoms with Gasteiger partial charge in [-0.25, -0.2) is 4.39 Å². The maximum atomic E-state index is 13.8. The molecule has 0 unspecified atom stereocenters. The van der Waals surface area contributed by atoms with Crippen LogP contribution in [0.1, 0.15) is 27.0 Å². The molecule has 3 N–H and O–H groups in total. The zero-order chi connectivity index (χ0) is 19.3. The zero-order valence-corrected chi connectivity index (χ0v) is 13.8. The van der Waals surface area contributed by atoms with Crippen molar-refractivity contribution in [1.29, 1.82) is 10.5 Å². The monoisotopic (exact) mass is 351 g/mol. The number of primary amides is 1. The lowest BCUT2D eigenvalue weighted by Crippen LogP contribution is -2.14. The number of aliphatic hydroxyl groups excluding tert-OH is 1. The summed E-state index contributed by atoms with van der Waals surface area (Å²) in [6.07, 6.45) is 0.245. The molecule has 130 valence electrons. The number of allylic oxidation sites excluding steroid dienone is 1. The lowest BCUT2D eigenvalue weighted by Gasteiger charge is -2.12. The van der Waals surface area contributed by atoms with E-state index in [1.165, 1.54) is 25.3 Å². The lowest BCUT2D eigenvalue weighted by molar-refractivity contribution is 0.0996. The van der Waals surface area contributed by atoms with Gasteiger partial charge in [0.05, 0.1) is 12.7 Å². The first-order chi connectivity index (χ1) is 12.4. The second-order valence-corrected chi connectivity index (χ2v) is 5.33. The summed E-state index contributed by atoms with van der Waals surface area (Å²) in [6, 6.07) is 11.8. The molecule has 0 aliphatic heterocycles. The average molecular weight is 351 g/mol. The number of nitrogens with zero attached hydrogens (tertiary/aromatic N) is 2. The number of aliphatic hydroxyl groups is 1. The van der Waals surface area contributed by atoms with Gasteiger partial charge in [0, 0.05) is 17.5 Å². The molecule has 7 heteroatoms. The summed E-state index contributed by atoms with van der Waals surface area (Å²) in [6.45, 7) is 0. The third-order valence-electron chi connectivity index (χ3n) is 3.68. The molecule has 26 heavy (non-hydrogen) atoms. The number of hydrogen-bond donors (Lipinski definition) is 2. The standard InChI is InChI=1S/C19H14FN3O3/c1-26-18-13(7-15(20)8-16(18)19(23)25)6-11-2-4-12(5-3-11)17(24)14(9-21)10-22/h2-5,7-8,24H,6H2,1H3,(H2,23,25). The van der Waals surface area contributed by atoms with Crippen molar-refractivity contribution in [3.8, 4) is 17.9 Å². The van der Waals surface area contributed by atoms with Gasteiger partial charge in [0.1, 0.15) is 23.7 Å². The van der Waals surface area contributed by atoms with E-state index in [-0.39, 0.29) is 17.7 Å². The highest BCUT2D eigenvalue weighted by atomic mass is 19.1. The maximum absolute atomic E-state index is 13.8. The van der Waals surface area contributed by atoms with Crippen LogP contribution >= 0.6 is 0 Å². The number of benzene rings is 2. The highest BCUT2D eigenvalue weighted by Gasteiger charge is 2.16. The van der Waals surface area contributed by atoms with Gasteiger partial charge in [0.2, 0.25) is 0 Å². The predicted molar refractivity (Wildman–Crippen MR) is 91.5 cm³/mol. The van der Waals surface area contributed by atoms with Crippen molar-refractivity contribution in [2.75, 3.05) is 7.11 Å². The van der Waals surface area contributed by atoms with Gasteiger partial charge in [-0.05, 0) is 17.7 Å². The van der Waals surface area contributed by atoms with Crippen LogP contribution in [-0.4, -0.2) is 18.1 Å². The van der Waals surface area contributed by atoms with Crippen molar-refractivity contribution in [2.45, 2.75) is 6.42 Å². The van der Waals surface area contributed by atoms with Crippen molar-refractivity contribution in [2.24, 2.45) is 5.73 Å². The second kappa shape index (κ2) is 7.82. The molecule has 0 saturated carbocycles. The van der Waals surface area contributed by atoms with Crippen molar-refractivity contribution < 1.29 is 19.0 Å². The Balaban J connectivity index is 2.39. The van der Waals surface area contributed by atoms with Gasteiger partial charge in [-0.1, -0.05) is 24.3 Å². The van der Waals surface area contributed by atoms with Gasteiger partial charge in [-0.2, -0.15) is 10.5 Å². The molecule has 0 spiro atoms. The van der Waals surface area contributed by atoms with E-state index in [0.29, 0.717) is 11.1 Å². The minimum Gasteiger partial charge on any atom is -0.505 e. The lowest BCUT2D eigenvalue weighted by atomic mass is 9.99. The molecule has 2 aromatic carbocycles. The summed E-state index contributed by atoms with van der Waals surface area (Å²) in [7, 11) is 1.36. The van der Waals surface area contributed by atoms with Crippen molar-refractivity contribution in [1.82, 2.24) is 0 Å². The first kappa shape index (κ1) is 18.5. The Morgan fingerprint density at radius 1 is 1.23 bits per heavy atom. The van der Waals surface area contributed by atoms with Gasteiger partial charge in [-0.15, -0.1) is 0 Å². The van der Waals surface area contributed by atoms with Crippen LogP contribution in [0.25, 0.3) is 5.76 Å². The van der Waals surface area contributed by atoms with Crippen LogP contribution in [0.3, 0.4) is 0 Å². The zero-order valence-electron chi connectivity index (χ0n) is 13.8. The quantitative estimate of drug-likeness (QED) is 0.634. The molecular weight excluding hydrogens is 337 g/mol. The van der Waals surface area contributed by atoms with Crippen LogP contribution in [-0.2, 0) is 6.42 Å². The van der Waals surface area contributed by atoms with E-state index in [4.69, 9.17) is 21.0 Å². The first-order valence-corrected chi connectivity index (χ1v) is 7.40. The number of hydrogen-bond acceptors (Lipinski definition) is 5. The van der Waals surface area contributed by atoms with Crippen molar-refractivity contribution in [3.63, 3.8) is 0 Å². The van der Waals surface area contributed by atoms with E-state index in [9.17, 15) is 14.3 Å². The van der Waals surface area contributed by atoms with Crippen LogP contribution in [0.15, 0.2) is 42.0 Å². The SMILES string of the molecule is COc1c(Cc2ccc(C(O)=C(C#N)C#N)cc2)cc(F)cc1C(N)=O. The minimum absolute atomic E-state index is 0.0487. The normalized spacial score (nSPS) is 9.69. The van der Waals surface area contributed by atoms with Crippen LogP contribution in [0, 0.1) is 28.5 Å². The first-order valence-electron chi connectivity index (χ1n) is 7.40. The number of nitrogens with two attached hydrogens (primary N) is 1. The average Bonchev–Trinajstić information content (AvgIpc) is 2.62. The van der Waals surface area contributed by atoms with Crippen molar-refractivity contribution in [3.05, 3.63) is 70.0 Å². The summed E-state index contributed by atoms with van der Waals surface area (Å²) >= 11 is 0. The Hall–Kier alpha value is -3.84. The Morgan fingerprint density at radius 3 is 2.35 bits per heavy atom. The molecule has 0 bridgehead atoms. The molecule has 0 aliphatic carbocycles. The summed E-state index contributed by atoms with van der Waals surface area (Å²) in [5, 5.41) is 27.5. The molecule has 2 aromatic rings. The van der Waals surface area contributed by atoms with Gasteiger partial charge in [0.25, 0.3) is 5.91 Å². The number of nitriles is 2. The second-order valence-electron chi connectivity index (χ2n) is 5.33. The molecule has 6 nitrogen and oxygen atoms in total. The topological polar surface area (TPSA) is 120 Å². The van der Waals surface area contributed by atoms with Gasteiger partial charge < -0.3 is 15.6 Å². The van der Waals surface area contributed by atoms with Crippen LogP contribution in [0.5, 0.6) is 5.75 Å². The van der Waals surface area contributed by atoms with Crippen molar-refractivity contribution >= 4 is 11.7 Å². The van der Waals surface area contributed by atoms with E-state index in [0.717, 1.165) is 11.6 Å². The molecule has 2 rings (SSSR count). The Bertz CT molecular complexity index is 951. The third kappa shape index (κ3) is 3.80. The highest BCUT2D eigenvalue weighted by Crippen LogP contribution is 2.28. The third-order valence-corrected chi connectivity index (χ3v) is 3.68.